The van der Waals surface area contributed by atoms with Crippen LogP contribution in [-0.4, -0.2) is 90.5 Å². The first-order valence-corrected chi connectivity index (χ1v) is 16.2. The van der Waals surface area contributed by atoms with Crippen molar-refractivity contribution in [2.45, 2.75) is 121 Å². The Hall–Kier alpha value is -0.210. The predicted octanol–water partition coefficient (Wildman–Crippen LogP) is -2.33. The molecule has 0 bridgehead atoms. The third-order valence-corrected chi connectivity index (χ3v) is 7.39. The van der Waals surface area contributed by atoms with E-state index in [0.717, 1.165) is 38.5 Å². The zero-order chi connectivity index (χ0) is 31.0. The molecule has 0 fully saturated rings. The zero-order valence-electron chi connectivity index (χ0n) is 24.2. The molecule has 41 heavy (non-hydrogen) atoms. The molecule has 4 atom stereocenters. The molecule has 0 aliphatic carbocycles. The van der Waals surface area contributed by atoms with Crippen molar-refractivity contribution in [2.24, 2.45) is 5.73 Å². The molecule has 240 valence electrons. The van der Waals surface area contributed by atoms with E-state index >= 15 is 0 Å². The summed E-state index contributed by atoms with van der Waals surface area (Å²) in [5, 5.41) is 44.0. The Morgan fingerprint density at radius 1 is 0.805 bits per heavy atom. The molecule has 0 unspecified atom stereocenters. The summed E-state index contributed by atoms with van der Waals surface area (Å²) in [7, 11) is -10.1. The molecular weight excluding hydrogens is 597 g/mol. The molecule has 0 aromatic rings. The quantitative estimate of drug-likeness (QED) is 0.0212. The molecule has 1 amide bonds. The second-order valence-corrected chi connectivity index (χ2v) is 11.6. The summed E-state index contributed by atoms with van der Waals surface area (Å²) in [4.78, 5) is 10.3. The minimum atomic E-state index is -5.32. The maximum absolute atomic E-state index is 11.0. The van der Waals surface area contributed by atoms with Gasteiger partial charge in [0.1, 0.15) is 18.3 Å². The second kappa shape index (κ2) is 27.3. The van der Waals surface area contributed by atoms with E-state index in [1.54, 1.807) is 0 Å². The topological polar surface area (TPSA) is 254 Å². The van der Waals surface area contributed by atoms with E-state index in [1.165, 1.54) is 44.9 Å². The van der Waals surface area contributed by atoms with Crippen molar-refractivity contribution in [3.63, 3.8) is 0 Å². The molecule has 14 nitrogen and oxygen atoms in total. The minimum absolute atomic E-state index is 0. The van der Waals surface area contributed by atoms with Gasteiger partial charge in [-0.1, -0.05) is 76.9 Å². The SMILES string of the molecule is CCCCCCCC/C=C\CCCCCCCCOS(=O)(=O)OS(=O)(=O)[O-].NC(=O)[C@H](O)[C@@H](O)[C@H](O)[C@H](O)CO.[Na+]. The number of nitrogens with two attached hydrogens (primary N) is 1. The van der Waals surface area contributed by atoms with Crippen molar-refractivity contribution in [1.29, 1.82) is 0 Å². The maximum atomic E-state index is 11.0. The number of rotatable bonds is 24. The number of amides is 1. The van der Waals surface area contributed by atoms with Gasteiger partial charge in [-0.2, -0.15) is 8.42 Å². The van der Waals surface area contributed by atoms with Crippen LogP contribution in [0.15, 0.2) is 12.2 Å². The molecular formula is C24H48NNaO13S2. The van der Waals surface area contributed by atoms with Gasteiger partial charge < -0.3 is 35.8 Å². The number of hydrogen-bond acceptors (Lipinski definition) is 13. The zero-order valence-corrected chi connectivity index (χ0v) is 27.8. The van der Waals surface area contributed by atoms with E-state index < -0.39 is 57.7 Å². The maximum Gasteiger partial charge on any atom is 1.00 e. The summed E-state index contributed by atoms with van der Waals surface area (Å²) in [6.07, 6.45) is 12.9. The Morgan fingerprint density at radius 3 is 1.66 bits per heavy atom. The molecule has 17 heteroatoms. The molecule has 0 spiro atoms. The van der Waals surface area contributed by atoms with Crippen molar-refractivity contribution >= 4 is 26.7 Å². The van der Waals surface area contributed by atoms with Crippen LogP contribution in [0, 0.1) is 0 Å². The van der Waals surface area contributed by atoms with Gasteiger partial charge in [0, 0.05) is 0 Å². The fourth-order valence-electron chi connectivity index (χ4n) is 3.32. The standard InChI is InChI=1S/C18H36O7S2.C6H13NO6.Na/c1-2-3-4-5-6-7-8-9-10-11-12-13-14-15-16-17-18-24-27(22,23)25-26(19,20)21;7-6(13)5(12)4(11)3(10)2(9)1-8;/h9-10H,2-8,11-18H2,1H3,(H,19,20,21);2-5,8-12H,1H2,(H2,7,13);/q;;+1/p-1/b10-9-;;/t;2-,3-,4+,5-;/m.1./s1. The average Bonchev–Trinajstić information content (AvgIpc) is 2.87. The first kappa shape index (κ1) is 45.2. The van der Waals surface area contributed by atoms with E-state index in [-0.39, 0.29) is 36.2 Å². The first-order valence-electron chi connectivity index (χ1n) is 13.5. The molecule has 0 aromatic carbocycles. The third kappa shape index (κ3) is 29.6. The number of aliphatic hydroxyl groups is 5. The van der Waals surface area contributed by atoms with Crippen molar-refractivity contribution in [3.8, 4) is 0 Å². The number of allylic oxidation sites excluding steroid dienone is 2. The van der Waals surface area contributed by atoms with Crippen molar-refractivity contribution in [1.82, 2.24) is 0 Å². The molecule has 7 N–H and O–H groups in total. The molecule has 0 aliphatic heterocycles. The van der Waals surface area contributed by atoms with Gasteiger partial charge in [0.15, 0.2) is 6.10 Å². The molecule has 0 aromatic heterocycles. The number of primary amides is 1. The molecule has 0 aliphatic rings. The summed E-state index contributed by atoms with van der Waals surface area (Å²) >= 11 is 0. The number of aliphatic hydroxyl groups excluding tert-OH is 5. The van der Waals surface area contributed by atoms with Gasteiger partial charge in [-0.3, -0.25) is 4.79 Å². The largest absolute Gasteiger partial charge is 1.00 e. The van der Waals surface area contributed by atoms with Crippen LogP contribution in [-0.2, 0) is 33.4 Å². The van der Waals surface area contributed by atoms with Crippen LogP contribution < -0.4 is 35.3 Å². The van der Waals surface area contributed by atoms with Crippen LogP contribution in [0.25, 0.3) is 0 Å². The normalized spacial score (nSPS) is 14.9. The summed E-state index contributed by atoms with van der Waals surface area (Å²) in [5.74, 6) is -1.23. The van der Waals surface area contributed by atoms with Gasteiger partial charge in [-0.25, -0.2) is 12.6 Å². The van der Waals surface area contributed by atoms with E-state index in [9.17, 15) is 26.2 Å². The molecule has 0 saturated heterocycles. The summed E-state index contributed by atoms with van der Waals surface area (Å²) in [6, 6.07) is 0. The fraction of sp³-hybridized carbons (Fsp3) is 0.875. The third-order valence-electron chi connectivity index (χ3n) is 5.60. The average molecular weight is 646 g/mol. The van der Waals surface area contributed by atoms with E-state index in [4.69, 9.17) is 25.5 Å². The van der Waals surface area contributed by atoms with Crippen LogP contribution in [0.5, 0.6) is 0 Å². The summed E-state index contributed by atoms with van der Waals surface area (Å²) in [5.41, 5.74) is 4.61. The smallest absolute Gasteiger partial charge is 0.725 e. The molecule has 0 saturated carbocycles. The molecule has 0 radical (unpaired) electrons. The van der Waals surface area contributed by atoms with E-state index in [0.29, 0.717) is 6.42 Å². The van der Waals surface area contributed by atoms with E-state index in [2.05, 4.69) is 32.6 Å². The second-order valence-electron chi connectivity index (χ2n) is 9.22. The Kier molecular flexibility index (Phi) is 30.2. The van der Waals surface area contributed by atoms with Crippen molar-refractivity contribution < 1.29 is 89.1 Å². The predicted molar refractivity (Wildman–Crippen MR) is 145 cm³/mol. The summed E-state index contributed by atoms with van der Waals surface area (Å²) in [6.45, 7) is 1.23. The fourth-order valence-corrected chi connectivity index (χ4v) is 4.62. The van der Waals surface area contributed by atoms with E-state index in [1.807, 2.05) is 0 Å². The Morgan fingerprint density at radius 2 is 1.24 bits per heavy atom. The summed E-state index contributed by atoms with van der Waals surface area (Å²) < 4.78 is 60.1. The molecule has 0 rings (SSSR count). The van der Waals surface area contributed by atoms with Gasteiger partial charge in [0.2, 0.25) is 16.3 Å². The van der Waals surface area contributed by atoms with Crippen molar-refractivity contribution in [3.05, 3.63) is 12.2 Å². The van der Waals surface area contributed by atoms with Crippen molar-refractivity contribution in [2.75, 3.05) is 13.2 Å². The molecule has 0 heterocycles. The number of unbranched alkanes of at least 4 members (excludes halogenated alkanes) is 12. The minimum Gasteiger partial charge on any atom is -0.725 e. The van der Waals surface area contributed by atoms with Crippen LogP contribution in [0.4, 0.5) is 0 Å². The van der Waals surface area contributed by atoms with Gasteiger partial charge in [0.05, 0.1) is 13.2 Å². The van der Waals surface area contributed by atoms with Gasteiger partial charge in [-0.15, -0.1) is 3.63 Å². The van der Waals surface area contributed by atoms with Crippen LogP contribution in [0.3, 0.4) is 0 Å². The number of carbonyl (C=O) groups excluding carboxylic acids is 1. The Bertz CT molecular complexity index is 873. The van der Waals surface area contributed by atoms with Crippen LogP contribution >= 0.6 is 0 Å². The van der Waals surface area contributed by atoms with Gasteiger partial charge >= 0.3 is 40.0 Å². The van der Waals surface area contributed by atoms with Gasteiger partial charge in [-0.05, 0) is 32.1 Å². The Labute approximate surface area is 266 Å². The van der Waals surface area contributed by atoms with Gasteiger partial charge in [0.25, 0.3) is 0 Å². The Balaban J connectivity index is -0.000000869. The van der Waals surface area contributed by atoms with Crippen LogP contribution in [0.2, 0.25) is 0 Å². The van der Waals surface area contributed by atoms with Crippen LogP contribution in [0.1, 0.15) is 96.8 Å². The monoisotopic (exact) mass is 645 g/mol. The number of carbonyl (C=O) groups is 1. The first-order chi connectivity index (χ1) is 18.7. The number of hydrogen-bond donors (Lipinski definition) is 6.